The van der Waals surface area contributed by atoms with Crippen molar-refractivity contribution in [3.63, 3.8) is 0 Å². The molecule has 1 fully saturated rings. The van der Waals surface area contributed by atoms with Crippen LogP contribution in [0.25, 0.3) is 17.1 Å². The smallest absolute Gasteiger partial charge is 0.233 e. The molecule has 3 aromatic rings. The molecule has 0 saturated heterocycles. The highest BCUT2D eigenvalue weighted by molar-refractivity contribution is 8.00. The predicted octanol–water partition coefficient (Wildman–Crippen LogP) is 5.00. The summed E-state index contributed by atoms with van der Waals surface area (Å²) in [5.41, 5.74) is 1.62. The molecule has 1 saturated carbocycles. The van der Waals surface area contributed by atoms with Crippen molar-refractivity contribution in [2.45, 2.75) is 36.2 Å². The van der Waals surface area contributed by atoms with Gasteiger partial charge in [-0.25, -0.2) is 0 Å². The fourth-order valence-electron chi connectivity index (χ4n) is 2.76. The van der Waals surface area contributed by atoms with E-state index >= 15 is 0 Å². The van der Waals surface area contributed by atoms with Gasteiger partial charge in [-0.3, -0.25) is 9.36 Å². The summed E-state index contributed by atoms with van der Waals surface area (Å²) in [6.07, 6.45) is 2.12. The molecule has 1 aliphatic rings. The Kier molecular flexibility index (Phi) is 5.62. The number of aromatic nitrogens is 3. The van der Waals surface area contributed by atoms with Crippen LogP contribution in [-0.4, -0.2) is 32.0 Å². The highest BCUT2D eigenvalue weighted by Gasteiger charge is 2.28. The van der Waals surface area contributed by atoms with Gasteiger partial charge in [-0.2, -0.15) is 0 Å². The first-order valence-corrected chi connectivity index (χ1v) is 10.6. The molecule has 0 aliphatic heterocycles. The zero-order valence-electron chi connectivity index (χ0n) is 15.1. The third-order valence-electron chi connectivity index (χ3n) is 4.39. The summed E-state index contributed by atoms with van der Waals surface area (Å²) in [7, 11) is 0. The number of amides is 1. The Morgan fingerprint density at radius 1 is 1.18 bits per heavy atom. The molecular formula is C20H18Cl2N4OS. The molecule has 1 aliphatic carbocycles. The molecule has 4 rings (SSSR count). The van der Waals surface area contributed by atoms with Crippen LogP contribution in [-0.2, 0) is 4.79 Å². The fraction of sp³-hybridized carbons (Fsp3) is 0.250. The second-order valence-corrected chi connectivity index (χ2v) is 8.80. The zero-order chi connectivity index (χ0) is 19.7. The summed E-state index contributed by atoms with van der Waals surface area (Å²) in [6.45, 7) is 1.88. The number of para-hydroxylation sites is 1. The van der Waals surface area contributed by atoms with E-state index in [1.165, 1.54) is 11.8 Å². The Morgan fingerprint density at radius 3 is 2.61 bits per heavy atom. The molecule has 1 aromatic heterocycles. The number of nitrogens with zero attached hydrogens (tertiary/aromatic N) is 3. The normalized spacial score (nSPS) is 14.7. The van der Waals surface area contributed by atoms with Gasteiger partial charge in [0.05, 0.1) is 10.3 Å². The summed E-state index contributed by atoms with van der Waals surface area (Å²) in [6, 6.07) is 15.4. The van der Waals surface area contributed by atoms with Gasteiger partial charge in [0.25, 0.3) is 0 Å². The summed E-state index contributed by atoms with van der Waals surface area (Å²) >= 11 is 13.8. The van der Waals surface area contributed by atoms with Crippen LogP contribution >= 0.6 is 35.0 Å². The molecular weight excluding hydrogens is 415 g/mol. The molecule has 0 radical (unpaired) electrons. The van der Waals surface area contributed by atoms with E-state index in [1.807, 2.05) is 47.9 Å². The van der Waals surface area contributed by atoms with E-state index in [4.69, 9.17) is 23.2 Å². The van der Waals surface area contributed by atoms with Gasteiger partial charge in [0.15, 0.2) is 11.0 Å². The van der Waals surface area contributed by atoms with Crippen LogP contribution in [0.1, 0.15) is 19.8 Å². The molecule has 1 amide bonds. The van der Waals surface area contributed by atoms with Gasteiger partial charge in [-0.15, -0.1) is 10.2 Å². The van der Waals surface area contributed by atoms with E-state index in [2.05, 4.69) is 15.5 Å². The second-order valence-electron chi connectivity index (χ2n) is 6.64. The lowest BCUT2D eigenvalue weighted by Crippen LogP contribution is -2.32. The van der Waals surface area contributed by atoms with Crippen molar-refractivity contribution in [1.82, 2.24) is 20.1 Å². The van der Waals surface area contributed by atoms with Gasteiger partial charge in [-0.05, 0) is 50.1 Å². The van der Waals surface area contributed by atoms with Crippen LogP contribution < -0.4 is 5.32 Å². The molecule has 144 valence electrons. The Labute approximate surface area is 177 Å². The standard InChI is InChI=1S/C20H18Cl2N4OS/c1-12(19(27)23-14-8-9-14)28-20-25-24-18(16-10-7-13(21)11-17(16)22)26(20)15-5-3-2-4-6-15/h2-7,10-12,14H,8-9H2,1H3,(H,23,27). The molecule has 28 heavy (non-hydrogen) atoms. The van der Waals surface area contributed by atoms with Crippen LogP contribution in [0.2, 0.25) is 10.0 Å². The van der Waals surface area contributed by atoms with E-state index < -0.39 is 0 Å². The van der Waals surface area contributed by atoms with Crippen LogP contribution in [0.15, 0.2) is 53.7 Å². The van der Waals surface area contributed by atoms with E-state index in [9.17, 15) is 4.79 Å². The largest absolute Gasteiger partial charge is 0.352 e. The molecule has 1 atom stereocenters. The van der Waals surface area contributed by atoms with Crippen molar-refractivity contribution in [1.29, 1.82) is 0 Å². The number of carbonyl (C=O) groups is 1. The minimum absolute atomic E-state index is 0.0150. The molecule has 8 heteroatoms. The van der Waals surface area contributed by atoms with Crippen molar-refractivity contribution in [2.24, 2.45) is 0 Å². The second kappa shape index (κ2) is 8.15. The van der Waals surface area contributed by atoms with Crippen molar-refractivity contribution in [2.75, 3.05) is 0 Å². The summed E-state index contributed by atoms with van der Waals surface area (Å²) in [5, 5.41) is 13.1. The maximum atomic E-state index is 12.4. The fourth-order valence-corrected chi connectivity index (χ4v) is 4.13. The van der Waals surface area contributed by atoms with Gasteiger partial charge >= 0.3 is 0 Å². The van der Waals surface area contributed by atoms with E-state index in [-0.39, 0.29) is 11.2 Å². The first kappa shape index (κ1) is 19.3. The third-order valence-corrected chi connectivity index (χ3v) is 5.99. The number of benzene rings is 2. The lowest BCUT2D eigenvalue weighted by atomic mass is 10.2. The lowest BCUT2D eigenvalue weighted by Gasteiger charge is -2.14. The van der Waals surface area contributed by atoms with Gasteiger partial charge in [0.1, 0.15) is 0 Å². The number of hydrogen-bond acceptors (Lipinski definition) is 4. The molecule has 0 spiro atoms. The lowest BCUT2D eigenvalue weighted by molar-refractivity contribution is -0.120. The summed E-state index contributed by atoms with van der Waals surface area (Å²) in [4.78, 5) is 12.4. The number of carbonyl (C=O) groups excluding carboxylic acids is 1. The quantitative estimate of drug-likeness (QED) is 0.556. The number of halogens is 2. The van der Waals surface area contributed by atoms with E-state index in [0.717, 1.165) is 24.1 Å². The van der Waals surface area contributed by atoms with Gasteiger partial charge in [0.2, 0.25) is 5.91 Å². The van der Waals surface area contributed by atoms with Crippen molar-refractivity contribution in [3.8, 4) is 17.1 Å². The van der Waals surface area contributed by atoms with Crippen LogP contribution in [0.5, 0.6) is 0 Å². The van der Waals surface area contributed by atoms with Crippen LogP contribution in [0.4, 0.5) is 0 Å². The minimum Gasteiger partial charge on any atom is -0.352 e. The third kappa shape index (κ3) is 4.19. The molecule has 5 nitrogen and oxygen atoms in total. The SMILES string of the molecule is CC(Sc1nnc(-c2ccc(Cl)cc2Cl)n1-c1ccccc1)C(=O)NC1CC1. The summed E-state index contributed by atoms with van der Waals surface area (Å²) in [5.74, 6) is 0.617. The van der Waals surface area contributed by atoms with Crippen LogP contribution in [0.3, 0.4) is 0 Å². The maximum Gasteiger partial charge on any atom is 0.233 e. The van der Waals surface area contributed by atoms with Gasteiger partial charge in [-0.1, -0.05) is 53.2 Å². The highest BCUT2D eigenvalue weighted by Crippen LogP contribution is 2.34. The number of thioether (sulfide) groups is 1. The predicted molar refractivity (Wildman–Crippen MR) is 113 cm³/mol. The van der Waals surface area contributed by atoms with Gasteiger partial charge in [0, 0.05) is 22.3 Å². The molecule has 2 aromatic carbocycles. The monoisotopic (exact) mass is 432 g/mol. The van der Waals surface area contributed by atoms with Crippen molar-refractivity contribution in [3.05, 3.63) is 58.6 Å². The Balaban J connectivity index is 1.72. The Morgan fingerprint density at radius 2 is 1.93 bits per heavy atom. The van der Waals surface area contributed by atoms with E-state index in [1.54, 1.807) is 12.1 Å². The summed E-state index contributed by atoms with van der Waals surface area (Å²) < 4.78 is 1.92. The number of nitrogens with one attached hydrogen (secondary N) is 1. The van der Waals surface area contributed by atoms with Crippen molar-refractivity contribution >= 4 is 40.9 Å². The van der Waals surface area contributed by atoms with Crippen LogP contribution in [0, 0.1) is 0 Å². The average molecular weight is 433 g/mol. The molecule has 0 bridgehead atoms. The zero-order valence-corrected chi connectivity index (χ0v) is 17.4. The molecule has 1 heterocycles. The van der Waals surface area contributed by atoms with Gasteiger partial charge < -0.3 is 5.32 Å². The number of rotatable bonds is 6. The van der Waals surface area contributed by atoms with E-state index in [0.29, 0.717) is 27.1 Å². The topological polar surface area (TPSA) is 59.8 Å². The first-order valence-electron chi connectivity index (χ1n) is 8.96. The highest BCUT2D eigenvalue weighted by atomic mass is 35.5. The molecule has 1 unspecified atom stereocenters. The molecule has 1 N–H and O–H groups in total. The Bertz CT molecular complexity index is 1000. The minimum atomic E-state index is -0.291. The van der Waals surface area contributed by atoms with Crippen molar-refractivity contribution < 1.29 is 4.79 Å². The Hall–Kier alpha value is -2.02. The first-order chi connectivity index (χ1) is 13.5. The average Bonchev–Trinajstić information content (AvgIpc) is 3.40. The maximum absolute atomic E-state index is 12.4. The number of hydrogen-bond donors (Lipinski definition) is 1.